The fraction of sp³-hybridized carbons (Fsp3) is 0.412. The van der Waals surface area contributed by atoms with E-state index < -0.39 is 5.75 Å². The first-order chi connectivity index (χ1) is 11.5. The Bertz CT molecular complexity index is 858. The van der Waals surface area contributed by atoms with Gasteiger partial charge in [0.1, 0.15) is 5.82 Å². The van der Waals surface area contributed by atoms with E-state index in [1.54, 1.807) is 6.07 Å². The van der Waals surface area contributed by atoms with Crippen LogP contribution in [-0.4, -0.2) is 36.7 Å². The first-order valence-corrected chi connectivity index (χ1v) is 8.10. The Hall–Kier alpha value is -2.54. The highest BCUT2D eigenvalue weighted by Gasteiger charge is 2.29. The number of phenols is 3. The van der Waals surface area contributed by atoms with Crippen LogP contribution >= 0.6 is 0 Å². The minimum absolute atomic E-state index is 0.0793. The number of rotatable bonds is 3. The summed E-state index contributed by atoms with van der Waals surface area (Å²) in [5.74, 6) is 0.0372. The molecule has 1 aromatic heterocycles. The third-order valence-electron chi connectivity index (χ3n) is 4.74. The summed E-state index contributed by atoms with van der Waals surface area (Å²) in [5, 5.41) is 29.0. The third kappa shape index (κ3) is 2.60. The van der Waals surface area contributed by atoms with Crippen molar-refractivity contribution in [3.05, 3.63) is 45.1 Å². The van der Waals surface area contributed by atoms with Gasteiger partial charge in [-0.3, -0.25) is 9.69 Å². The zero-order valence-corrected chi connectivity index (χ0v) is 13.1. The highest BCUT2D eigenvalue weighted by atomic mass is 16.3. The minimum atomic E-state index is -0.515. The molecule has 1 aliphatic carbocycles. The first-order valence-electron chi connectivity index (χ1n) is 8.10. The van der Waals surface area contributed by atoms with Gasteiger partial charge in [-0.2, -0.15) is 0 Å². The van der Waals surface area contributed by atoms with E-state index in [0.29, 0.717) is 43.1 Å². The number of hydrogen-bond acceptors (Lipinski definition) is 6. The van der Waals surface area contributed by atoms with Crippen LogP contribution in [0.2, 0.25) is 0 Å². The predicted molar refractivity (Wildman–Crippen MR) is 86.1 cm³/mol. The van der Waals surface area contributed by atoms with E-state index in [9.17, 15) is 20.1 Å². The molecule has 4 rings (SSSR count). The molecule has 7 heteroatoms. The van der Waals surface area contributed by atoms with Crippen molar-refractivity contribution in [2.45, 2.75) is 38.3 Å². The maximum absolute atomic E-state index is 12.3. The summed E-state index contributed by atoms with van der Waals surface area (Å²) in [7, 11) is 0. The molecule has 7 nitrogen and oxygen atoms in total. The van der Waals surface area contributed by atoms with Crippen LogP contribution in [0.1, 0.15) is 41.4 Å². The second-order valence-electron chi connectivity index (χ2n) is 6.55. The summed E-state index contributed by atoms with van der Waals surface area (Å²) in [5.41, 5.74) is 1.97. The molecule has 2 aliphatic rings. The SMILES string of the molecule is O=c1[nH]c(C2CC2)nc2c1CN(Cc1ccc(O)c(O)c1O)CC2. The molecular formula is C17H19N3O4. The Morgan fingerprint density at radius 2 is 2.00 bits per heavy atom. The lowest BCUT2D eigenvalue weighted by atomic mass is 10.1. The predicted octanol–water partition coefficient (Wildman–Crippen LogP) is 1.32. The summed E-state index contributed by atoms with van der Waals surface area (Å²) in [6.45, 7) is 1.54. The molecule has 24 heavy (non-hydrogen) atoms. The number of aromatic amines is 1. The Balaban J connectivity index is 1.56. The topological polar surface area (TPSA) is 110 Å². The number of hydrogen-bond donors (Lipinski definition) is 4. The van der Waals surface area contributed by atoms with E-state index in [2.05, 4.69) is 9.97 Å². The van der Waals surface area contributed by atoms with Gasteiger partial charge < -0.3 is 20.3 Å². The van der Waals surface area contributed by atoms with Gasteiger partial charge in [-0.05, 0) is 18.9 Å². The molecule has 1 saturated carbocycles. The Morgan fingerprint density at radius 1 is 1.21 bits per heavy atom. The second-order valence-corrected chi connectivity index (χ2v) is 6.55. The molecule has 1 aromatic carbocycles. The van der Waals surface area contributed by atoms with Crippen molar-refractivity contribution in [1.82, 2.24) is 14.9 Å². The molecule has 1 aliphatic heterocycles. The lowest BCUT2D eigenvalue weighted by Crippen LogP contribution is -2.35. The normalized spacial score (nSPS) is 17.7. The average molecular weight is 329 g/mol. The molecule has 0 amide bonds. The van der Waals surface area contributed by atoms with Gasteiger partial charge >= 0.3 is 0 Å². The van der Waals surface area contributed by atoms with Gasteiger partial charge in [0.2, 0.25) is 5.75 Å². The summed E-state index contributed by atoms with van der Waals surface area (Å²) in [4.78, 5) is 21.9. The van der Waals surface area contributed by atoms with Crippen LogP contribution in [0.4, 0.5) is 0 Å². The van der Waals surface area contributed by atoms with Gasteiger partial charge in [-0.1, -0.05) is 6.07 Å². The van der Waals surface area contributed by atoms with Crippen LogP contribution < -0.4 is 5.56 Å². The van der Waals surface area contributed by atoms with Gasteiger partial charge in [0, 0.05) is 37.5 Å². The molecule has 0 spiro atoms. The molecular weight excluding hydrogens is 310 g/mol. The van der Waals surface area contributed by atoms with E-state index in [-0.39, 0.29) is 17.1 Å². The van der Waals surface area contributed by atoms with E-state index in [1.807, 2.05) is 4.90 Å². The Labute approximate surface area is 138 Å². The maximum Gasteiger partial charge on any atom is 0.255 e. The maximum atomic E-state index is 12.3. The number of benzene rings is 1. The van der Waals surface area contributed by atoms with Crippen molar-refractivity contribution in [3.8, 4) is 17.2 Å². The number of nitrogens with one attached hydrogen (secondary N) is 1. The molecule has 0 bridgehead atoms. The second kappa shape index (κ2) is 5.52. The zero-order chi connectivity index (χ0) is 16.8. The summed E-state index contributed by atoms with van der Waals surface area (Å²) >= 11 is 0. The summed E-state index contributed by atoms with van der Waals surface area (Å²) in [6.07, 6.45) is 2.87. The number of aromatic nitrogens is 2. The number of H-pyrrole nitrogens is 1. The molecule has 126 valence electrons. The molecule has 0 unspecified atom stereocenters. The molecule has 4 N–H and O–H groups in total. The van der Waals surface area contributed by atoms with Crippen LogP contribution in [0.15, 0.2) is 16.9 Å². The van der Waals surface area contributed by atoms with Gasteiger partial charge in [-0.25, -0.2) is 4.98 Å². The monoisotopic (exact) mass is 329 g/mol. The largest absolute Gasteiger partial charge is 0.504 e. The molecule has 1 fully saturated rings. The number of fused-ring (bicyclic) bond motifs is 1. The van der Waals surface area contributed by atoms with Gasteiger partial charge in [-0.15, -0.1) is 0 Å². The van der Waals surface area contributed by atoms with Crippen molar-refractivity contribution in [2.75, 3.05) is 6.54 Å². The molecule has 2 heterocycles. The standard InChI is InChI=1S/C17H19N3O4/c21-13-4-3-10(14(22)15(13)23)7-20-6-5-12-11(8-20)17(24)19-16(18-12)9-1-2-9/h3-4,9,21-23H,1-2,5-8H2,(H,18,19,24). The van der Waals surface area contributed by atoms with Crippen molar-refractivity contribution < 1.29 is 15.3 Å². The minimum Gasteiger partial charge on any atom is -0.504 e. The third-order valence-corrected chi connectivity index (χ3v) is 4.74. The smallest absolute Gasteiger partial charge is 0.255 e. The quantitative estimate of drug-likeness (QED) is 0.632. The Kier molecular flexibility index (Phi) is 3.45. The van der Waals surface area contributed by atoms with Gasteiger partial charge in [0.25, 0.3) is 5.56 Å². The van der Waals surface area contributed by atoms with Gasteiger partial charge in [0.15, 0.2) is 11.5 Å². The van der Waals surface area contributed by atoms with Crippen molar-refractivity contribution in [1.29, 1.82) is 0 Å². The van der Waals surface area contributed by atoms with Gasteiger partial charge in [0.05, 0.1) is 11.3 Å². The average Bonchev–Trinajstić information content (AvgIpc) is 3.41. The van der Waals surface area contributed by atoms with Crippen LogP contribution in [0.3, 0.4) is 0 Å². The van der Waals surface area contributed by atoms with E-state index in [1.165, 1.54) is 6.07 Å². The number of aromatic hydroxyl groups is 3. The zero-order valence-electron chi connectivity index (χ0n) is 13.1. The lowest BCUT2D eigenvalue weighted by molar-refractivity contribution is 0.237. The van der Waals surface area contributed by atoms with Crippen LogP contribution in [0, 0.1) is 0 Å². The van der Waals surface area contributed by atoms with Crippen molar-refractivity contribution in [3.63, 3.8) is 0 Å². The van der Waals surface area contributed by atoms with Crippen molar-refractivity contribution in [2.24, 2.45) is 0 Å². The fourth-order valence-corrected chi connectivity index (χ4v) is 3.16. The van der Waals surface area contributed by atoms with E-state index >= 15 is 0 Å². The molecule has 0 radical (unpaired) electrons. The van der Waals surface area contributed by atoms with Crippen LogP contribution in [0.5, 0.6) is 17.2 Å². The van der Waals surface area contributed by atoms with Crippen LogP contribution in [-0.2, 0) is 19.5 Å². The Morgan fingerprint density at radius 3 is 2.75 bits per heavy atom. The highest BCUT2D eigenvalue weighted by molar-refractivity contribution is 5.53. The molecule has 0 atom stereocenters. The van der Waals surface area contributed by atoms with Crippen LogP contribution in [0.25, 0.3) is 0 Å². The lowest BCUT2D eigenvalue weighted by Gasteiger charge is -2.28. The summed E-state index contributed by atoms with van der Waals surface area (Å²) < 4.78 is 0. The van der Waals surface area contributed by atoms with E-state index in [0.717, 1.165) is 24.4 Å². The number of phenolic OH excluding ortho intramolecular Hbond substituents is 3. The molecule has 0 saturated heterocycles. The van der Waals surface area contributed by atoms with E-state index in [4.69, 9.17) is 0 Å². The first kappa shape index (κ1) is 15.0. The highest BCUT2D eigenvalue weighted by Crippen LogP contribution is 2.39. The fourth-order valence-electron chi connectivity index (χ4n) is 3.16. The van der Waals surface area contributed by atoms with Crippen molar-refractivity contribution >= 4 is 0 Å². The summed E-state index contributed by atoms with van der Waals surface area (Å²) in [6, 6.07) is 2.91. The molecule has 2 aromatic rings. The number of nitrogens with zero attached hydrogens (tertiary/aromatic N) is 2.